The van der Waals surface area contributed by atoms with Gasteiger partial charge in [-0.25, -0.2) is 9.50 Å². The van der Waals surface area contributed by atoms with Crippen LogP contribution >= 0.6 is 0 Å². The number of nitrogens with zero attached hydrogens (tertiary/aromatic N) is 6. The minimum Gasteiger partial charge on any atom is -0.493 e. The number of benzene rings is 1. The van der Waals surface area contributed by atoms with Gasteiger partial charge in [-0.1, -0.05) is 0 Å². The lowest BCUT2D eigenvalue weighted by Crippen LogP contribution is -1.96. The minimum atomic E-state index is 0.341. The van der Waals surface area contributed by atoms with Crippen molar-refractivity contribution in [3.63, 3.8) is 0 Å². The Labute approximate surface area is 160 Å². The highest BCUT2D eigenvalue weighted by Gasteiger charge is 2.13. The molecule has 4 rings (SSSR count). The lowest BCUT2D eigenvalue weighted by molar-refractivity contribution is 0.355. The molecule has 0 spiro atoms. The molecule has 3 aromatic heterocycles. The number of hydrogen-bond donors (Lipinski definition) is 1. The first kappa shape index (κ1) is 17.2. The standard InChI is InChI=1S/C19H15N7O2/c1-27-15-6-5-13(9-16(15)28-2)23-19-24-18-17(21-7-8-26(18)25-19)12-3-4-14(10-20)22-11-12/h3-9,11H,1-2H3,(H,23,25). The van der Waals surface area contributed by atoms with E-state index in [1.54, 1.807) is 61.6 Å². The molecule has 9 nitrogen and oxygen atoms in total. The topological polar surface area (TPSA) is 110 Å². The number of rotatable bonds is 5. The lowest BCUT2D eigenvalue weighted by Gasteiger charge is -2.09. The highest BCUT2D eigenvalue weighted by Crippen LogP contribution is 2.31. The quantitative estimate of drug-likeness (QED) is 0.569. The summed E-state index contributed by atoms with van der Waals surface area (Å²) < 4.78 is 12.2. The van der Waals surface area contributed by atoms with Gasteiger partial charge in [0.05, 0.1) is 14.2 Å². The maximum atomic E-state index is 8.90. The maximum absolute atomic E-state index is 8.90. The van der Waals surface area contributed by atoms with Crippen molar-refractivity contribution in [2.75, 3.05) is 19.5 Å². The summed E-state index contributed by atoms with van der Waals surface area (Å²) in [4.78, 5) is 13.0. The van der Waals surface area contributed by atoms with E-state index < -0.39 is 0 Å². The largest absolute Gasteiger partial charge is 0.493 e. The molecular weight excluding hydrogens is 358 g/mol. The fourth-order valence-electron chi connectivity index (χ4n) is 2.72. The van der Waals surface area contributed by atoms with E-state index in [1.807, 2.05) is 12.1 Å². The lowest BCUT2D eigenvalue weighted by atomic mass is 10.2. The van der Waals surface area contributed by atoms with Crippen LogP contribution in [0.5, 0.6) is 11.5 Å². The number of ether oxygens (including phenoxy) is 2. The van der Waals surface area contributed by atoms with Gasteiger partial charge in [-0.05, 0) is 24.3 Å². The summed E-state index contributed by atoms with van der Waals surface area (Å²) in [5.41, 5.74) is 3.02. The highest BCUT2D eigenvalue weighted by atomic mass is 16.5. The van der Waals surface area contributed by atoms with Crippen LogP contribution in [0.4, 0.5) is 11.6 Å². The van der Waals surface area contributed by atoms with Crippen molar-refractivity contribution in [3.8, 4) is 28.8 Å². The number of pyridine rings is 1. The molecule has 0 saturated heterocycles. The van der Waals surface area contributed by atoms with E-state index in [0.29, 0.717) is 34.5 Å². The monoisotopic (exact) mass is 373 g/mol. The van der Waals surface area contributed by atoms with Crippen molar-refractivity contribution in [1.29, 1.82) is 5.26 Å². The van der Waals surface area contributed by atoms with Gasteiger partial charge in [-0.2, -0.15) is 10.2 Å². The molecule has 0 aliphatic rings. The normalized spacial score (nSPS) is 10.5. The van der Waals surface area contributed by atoms with E-state index in [2.05, 4.69) is 25.4 Å². The second kappa shape index (κ2) is 7.20. The first-order valence-corrected chi connectivity index (χ1v) is 8.29. The van der Waals surface area contributed by atoms with Crippen LogP contribution in [0.25, 0.3) is 16.9 Å². The Bertz CT molecular complexity index is 1180. The number of hydrogen-bond acceptors (Lipinski definition) is 8. The highest BCUT2D eigenvalue weighted by molar-refractivity contribution is 5.74. The van der Waals surface area contributed by atoms with Gasteiger partial charge in [0, 0.05) is 35.9 Å². The van der Waals surface area contributed by atoms with Crippen LogP contribution < -0.4 is 14.8 Å². The number of nitrogens with one attached hydrogen (secondary N) is 1. The van der Waals surface area contributed by atoms with E-state index in [4.69, 9.17) is 14.7 Å². The van der Waals surface area contributed by atoms with Crippen LogP contribution in [0, 0.1) is 11.3 Å². The molecule has 0 aliphatic carbocycles. The summed E-state index contributed by atoms with van der Waals surface area (Å²) in [7, 11) is 3.16. The zero-order valence-electron chi connectivity index (χ0n) is 15.1. The average Bonchev–Trinajstić information content (AvgIpc) is 3.16. The number of fused-ring (bicyclic) bond motifs is 1. The van der Waals surface area contributed by atoms with Gasteiger partial charge < -0.3 is 14.8 Å². The number of aromatic nitrogens is 5. The molecule has 1 N–H and O–H groups in total. The Morgan fingerprint density at radius 2 is 1.93 bits per heavy atom. The van der Waals surface area contributed by atoms with Gasteiger partial charge in [-0.15, -0.1) is 5.10 Å². The Morgan fingerprint density at radius 1 is 1.07 bits per heavy atom. The van der Waals surface area contributed by atoms with Gasteiger partial charge in [0.2, 0.25) is 5.95 Å². The number of methoxy groups -OCH3 is 2. The molecule has 0 radical (unpaired) electrons. The average molecular weight is 373 g/mol. The van der Waals surface area contributed by atoms with Crippen molar-refractivity contribution in [2.45, 2.75) is 0 Å². The van der Waals surface area contributed by atoms with Crippen LogP contribution in [0.3, 0.4) is 0 Å². The first-order chi connectivity index (χ1) is 13.7. The van der Waals surface area contributed by atoms with Crippen LogP contribution in [-0.4, -0.2) is 38.8 Å². The zero-order valence-corrected chi connectivity index (χ0v) is 15.1. The molecule has 28 heavy (non-hydrogen) atoms. The Balaban J connectivity index is 1.69. The van der Waals surface area contributed by atoms with Crippen LogP contribution in [0.1, 0.15) is 5.69 Å². The van der Waals surface area contributed by atoms with E-state index in [-0.39, 0.29) is 0 Å². The number of nitriles is 1. The second-order valence-electron chi connectivity index (χ2n) is 5.72. The molecule has 4 aromatic rings. The summed E-state index contributed by atoms with van der Waals surface area (Å²) in [5.74, 6) is 1.64. The van der Waals surface area contributed by atoms with E-state index in [1.165, 1.54) is 0 Å². The van der Waals surface area contributed by atoms with Gasteiger partial charge in [0.25, 0.3) is 0 Å². The summed E-state index contributed by atoms with van der Waals surface area (Å²) in [6.45, 7) is 0. The molecule has 0 fully saturated rings. The van der Waals surface area contributed by atoms with Crippen molar-refractivity contribution >= 4 is 17.3 Å². The van der Waals surface area contributed by atoms with Gasteiger partial charge in [-0.3, -0.25) is 4.98 Å². The molecule has 0 saturated carbocycles. The third kappa shape index (κ3) is 3.14. The maximum Gasteiger partial charge on any atom is 0.247 e. The molecular formula is C19H15N7O2. The van der Waals surface area contributed by atoms with E-state index in [0.717, 1.165) is 11.3 Å². The molecule has 0 bridgehead atoms. The molecule has 0 unspecified atom stereocenters. The Kier molecular flexibility index (Phi) is 4.43. The minimum absolute atomic E-state index is 0.341. The predicted octanol–water partition coefficient (Wildman–Crippen LogP) is 2.82. The van der Waals surface area contributed by atoms with Gasteiger partial charge in [0.1, 0.15) is 17.5 Å². The predicted molar refractivity (Wildman–Crippen MR) is 102 cm³/mol. The van der Waals surface area contributed by atoms with Crippen LogP contribution in [0.15, 0.2) is 48.9 Å². The summed E-state index contributed by atoms with van der Waals surface area (Å²) >= 11 is 0. The Morgan fingerprint density at radius 3 is 2.64 bits per heavy atom. The smallest absolute Gasteiger partial charge is 0.247 e. The summed E-state index contributed by atoms with van der Waals surface area (Å²) in [6.07, 6.45) is 4.94. The Hall–Kier alpha value is -4.19. The van der Waals surface area contributed by atoms with E-state index in [9.17, 15) is 0 Å². The molecule has 0 aliphatic heterocycles. The van der Waals surface area contributed by atoms with E-state index >= 15 is 0 Å². The molecule has 138 valence electrons. The molecule has 0 amide bonds. The first-order valence-electron chi connectivity index (χ1n) is 8.29. The zero-order chi connectivity index (χ0) is 19.5. The van der Waals surface area contributed by atoms with Gasteiger partial charge in [0.15, 0.2) is 17.1 Å². The summed E-state index contributed by atoms with van der Waals surface area (Å²) in [6, 6.07) is 10.9. The SMILES string of the molecule is COc1ccc(Nc2nc3c(-c4ccc(C#N)nc4)nccn3n2)cc1OC. The van der Waals surface area contributed by atoms with Crippen molar-refractivity contribution in [1.82, 2.24) is 24.6 Å². The summed E-state index contributed by atoms with van der Waals surface area (Å²) in [5, 5.41) is 16.5. The van der Waals surface area contributed by atoms with Crippen molar-refractivity contribution in [2.24, 2.45) is 0 Å². The van der Waals surface area contributed by atoms with Crippen LogP contribution in [0.2, 0.25) is 0 Å². The third-order valence-corrected chi connectivity index (χ3v) is 4.05. The molecule has 0 atom stereocenters. The molecule has 3 heterocycles. The second-order valence-corrected chi connectivity index (χ2v) is 5.72. The van der Waals surface area contributed by atoms with Crippen molar-refractivity contribution < 1.29 is 9.47 Å². The number of anilines is 2. The fraction of sp³-hybridized carbons (Fsp3) is 0.105. The molecule has 1 aromatic carbocycles. The third-order valence-electron chi connectivity index (χ3n) is 4.05. The van der Waals surface area contributed by atoms with Crippen molar-refractivity contribution in [3.05, 3.63) is 54.6 Å². The van der Waals surface area contributed by atoms with Crippen LogP contribution in [-0.2, 0) is 0 Å². The molecule has 9 heteroatoms. The van der Waals surface area contributed by atoms with Gasteiger partial charge >= 0.3 is 0 Å². The fourth-order valence-corrected chi connectivity index (χ4v) is 2.72.